The summed E-state index contributed by atoms with van der Waals surface area (Å²) in [7, 11) is 6.70. The van der Waals surface area contributed by atoms with Crippen molar-refractivity contribution in [2.45, 2.75) is 87.6 Å². The third-order valence-corrected chi connectivity index (χ3v) is 14.5. The van der Waals surface area contributed by atoms with Gasteiger partial charge in [-0.05, 0) is 43.9 Å². The number of likely N-dealkylation sites (tertiary alicyclic amines) is 1. The maximum Gasteiger partial charge on any atom is 0.340 e. The second-order valence-electron chi connectivity index (χ2n) is 16.0. The van der Waals surface area contributed by atoms with E-state index in [0.29, 0.717) is 25.9 Å². The van der Waals surface area contributed by atoms with Gasteiger partial charge in [0.05, 0.1) is 48.3 Å². The molecule has 1 aromatic rings. The number of ether oxygens (including phenoxy) is 5. The summed E-state index contributed by atoms with van der Waals surface area (Å²) in [6.45, 7) is 4.95. The first-order valence-electron chi connectivity index (χ1n) is 17.9. The summed E-state index contributed by atoms with van der Waals surface area (Å²) in [5.41, 5.74) is -4.17. The van der Waals surface area contributed by atoms with E-state index < -0.39 is 46.1 Å². The van der Waals surface area contributed by atoms with Gasteiger partial charge in [-0.2, -0.15) is 0 Å². The minimum absolute atomic E-state index is 0.0358. The molecule has 1 aromatic carbocycles. The lowest BCUT2D eigenvalue weighted by atomic mass is 9.42. The molecular weight excluding hydrogens is 632 g/mol. The highest BCUT2D eigenvalue weighted by molar-refractivity contribution is 6.22. The number of nitrogens with zero attached hydrogens (tertiary/aromatic N) is 2. The van der Waals surface area contributed by atoms with Crippen LogP contribution in [0.5, 0.6) is 0 Å². The Hall–Kier alpha value is -2.45. The SMILES string of the molecule is CCN1C[C@]2(COC(=O)c3ccccc3N3C(=O)C[C@H](C)C3=O)CC[C@H](OC)[C@]34C2C(OC)[C@](O)([C@@H]13)[C@@]1(O)C[C@H](OC)[C@H]2C[C@@H]4[C@@H]1[C@H]2OC. The summed E-state index contributed by atoms with van der Waals surface area (Å²) in [5, 5.41) is 26.6. The molecule has 7 fully saturated rings. The molecule has 5 saturated carbocycles. The maximum atomic E-state index is 14.1. The molecule has 7 aliphatic rings. The molecule has 2 unspecified atom stereocenters. The summed E-state index contributed by atoms with van der Waals surface area (Å²) >= 11 is 0. The van der Waals surface area contributed by atoms with Crippen LogP contribution in [0.15, 0.2) is 24.3 Å². The van der Waals surface area contributed by atoms with Gasteiger partial charge in [0.1, 0.15) is 11.2 Å². The lowest BCUT2D eigenvalue weighted by molar-refractivity contribution is -0.320. The molecular formula is C37H50N2O10. The average molecular weight is 683 g/mol. The van der Waals surface area contributed by atoms with Gasteiger partial charge < -0.3 is 33.9 Å². The van der Waals surface area contributed by atoms with Gasteiger partial charge in [0.25, 0.3) is 0 Å². The Bertz CT molecular complexity index is 1560. The van der Waals surface area contributed by atoms with Crippen LogP contribution < -0.4 is 4.90 Å². The minimum atomic E-state index is -1.70. The number of carbonyl (C=O) groups is 3. The zero-order valence-corrected chi connectivity index (χ0v) is 29.3. The highest BCUT2D eigenvalue weighted by atomic mass is 16.5. The van der Waals surface area contributed by atoms with Gasteiger partial charge in [-0.3, -0.25) is 14.5 Å². The number of esters is 1. The number of aliphatic hydroxyl groups is 2. The second-order valence-corrected chi connectivity index (χ2v) is 16.0. The molecule has 2 heterocycles. The summed E-state index contributed by atoms with van der Waals surface area (Å²) in [6.07, 6.45) is 0.813. The number of hydrogen-bond acceptors (Lipinski definition) is 11. The summed E-state index contributed by atoms with van der Waals surface area (Å²) in [4.78, 5) is 43.3. The van der Waals surface area contributed by atoms with Crippen molar-refractivity contribution in [3.63, 3.8) is 0 Å². The number of likely N-dealkylation sites (N-methyl/N-ethyl adjacent to an activating group) is 1. The third-order valence-electron chi connectivity index (χ3n) is 14.5. The van der Waals surface area contributed by atoms with Crippen LogP contribution in [0.25, 0.3) is 0 Å². The molecule has 12 nitrogen and oxygen atoms in total. The van der Waals surface area contributed by atoms with Crippen molar-refractivity contribution in [3.05, 3.63) is 29.8 Å². The normalized spacial score (nSPS) is 48.0. The van der Waals surface area contributed by atoms with E-state index in [9.17, 15) is 24.6 Å². The summed E-state index contributed by atoms with van der Waals surface area (Å²) in [5.74, 6) is -2.47. The molecule has 2 aliphatic heterocycles. The van der Waals surface area contributed by atoms with E-state index in [-0.39, 0.29) is 84.5 Å². The summed E-state index contributed by atoms with van der Waals surface area (Å²) < 4.78 is 31.4. The van der Waals surface area contributed by atoms with Crippen LogP contribution in [0.3, 0.4) is 0 Å². The number of amides is 2. The standard InChI is InChI=1S/C37H50N2O10/c1-7-38-17-34(18-49-32(42)20-10-8-9-11-23(20)39-26(40)14-19(2)31(39)41)13-12-25(46-4)36-22-15-21-24(45-3)16-35(43,27(22)28(21)47-5)37(44,33(36)38)30(48-6)29(34)36/h8-11,19,21-22,24-25,27-30,33,43-44H,7,12-18H2,1-6H3/t19-,21+,22+,24-,25-,27+,28-,29?,30?,33-,34-,35+,36+,37-/m0/s1. The predicted molar refractivity (Wildman–Crippen MR) is 174 cm³/mol. The Morgan fingerprint density at radius 3 is 2.43 bits per heavy atom. The molecule has 2 N–H and O–H groups in total. The van der Waals surface area contributed by atoms with Gasteiger partial charge in [-0.1, -0.05) is 26.0 Å². The molecule has 7 bridgehead atoms. The first-order valence-corrected chi connectivity index (χ1v) is 17.9. The van der Waals surface area contributed by atoms with Crippen molar-refractivity contribution in [2.24, 2.45) is 40.4 Å². The fourth-order valence-electron chi connectivity index (χ4n) is 13.2. The molecule has 1 spiro atoms. The Balaban J connectivity index is 1.23. The lowest BCUT2D eigenvalue weighted by Crippen LogP contribution is -2.82. The van der Waals surface area contributed by atoms with Crippen molar-refractivity contribution in [3.8, 4) is 0 Å². The Morgan fingerprint density at radius 1 is 1.04 bits per heavy atom. The van der Waals surface area contributed by atoms with Crippen LogP contribution >= 0.6 is 0 Å². The van der Waals surface area contributed by atoms with E-state index in [4.69, 9.17) is 23.7 Å². The number of imide groups is 1. The Labute approximate surface area is 287 Å². The van der Waals surface area contributed by atoms with E-state index in [1.165, 1.54) is 0 Å². The largest absolute Gasteiger partial charge is 0.461 e. The number of benzene rings is 1. The highest BCUT2D eigenvalue weighted by Gasteiger charge is 2.91. The first-order chi connectivity index (χ1) is 23.4. The topological polar surface area (TPSA) is 144 Å². The molecule has 0 aromatic heterocycles. The zero-order chi connectivity index (χ0) is 34.8. The fraction of sp³-hybridized carbons (Fsp3) is 0.757. The van der Waals surface area contributed by atoms with Gasteiger partial charge in [-0.15, -0.1) is 0 Å². The van der Waals surface area contributed by atoms with E-state index in [1.807, 2.05) is 0 Å². The number of hydrogen-bond donors (Lipinski definition) is 2. The Kier molecular flexibility index (Phi) is 7.75. The average Bonchev–Trinajstić information content (AvgIpc) is 3.63. The predicted octanol–water partition coefficient (Wildman–Crippen LogP) is 2.04. The third kappa shape index (κ3) is 3.86. The second kappa shape index (κ2) is 11.3. The van der Waals surface area contributed by atoms with Crippen LogP contribution in [-0.2, 0) is 33.3 Å². The molecule has 2 saturated heterocycles. The number of fused-ring (bicyclic) bond motifs is 2. The molecule has 2 amide bonds. The molecule has 8 rings (SSSR count). The number of methoxy groups -OCH3 is 4. The number of anilines is 1. The molecule has 268 valence electrons. The first kappa shape index (κ1) is 33.7. The highest BCUT2D eigenvalue weighted by Crippen LogP contribution is 2.80. The van der Waals surface area contributed by atoms with Crippen molar-refractivity contribution in [1.29, 1.82) is 0 Å². The summed E-state index contributed by atoms with van der Waals surface area (Å²) in [6, 6.07) is 6.12. The van der Waals surface area contributed by atoms with Crippen molar-refractivity contribution in [1.82, 2.24) is 4.90 Å². The van der Waals surface area contributed by atoms with Gasteiger partial charge in [0.15, 0.2) is 0 Å². The number of piperidine rings is 1. The Morgan fingerprint density at radius 2 is 1.80 bits per heavy atom. The molecule has 49 heavy (non-hydrogen) atoms. The van der Waals surface area contributed by atoms with Crippen LogP contribution in [-0.4, -0.2) is 123 Å². The van der Waals surface area contributed by atoms with E-state index >= 15 is 0 Å². The van der Waals surface area contributed by atoms with E-state index in [0.717, 1.165) is 11.3 Å². The zero-order valence-electron chi connectivity index (χ0n) is 29.3. The van der Waals surface area contributed by atoms with Gasteiger partial charge in [0.2, 0.25) is 11.8 Å². The smallest absolute Gasteiger partial charge is 0.340 e. The fourth-order valence-corrected chi connectivity index (χ4v) is 13.2. The van der Waals surface area contributed by atoms with E-state index in [2.05, 4.69) is 11.8 Å². The van der Waals surface area contributed by atoms with Gasteiger partial charge in [0, 0.05) is 82.3 Å². The molecule has 14 atom stereocenters. The van der Waals surface area contributed by atoms with Crippen molar-refractivity contribution >= 4 is 23.5 Å². The van der Waals surface area contributed by atoms with Crippen LogP contribution in [0.4, 0.5) is 5.69 Å². The molecule has 5 aliphatic carbocycles. The van der Waals surface area contributed by atoms with E-state index in [1.54, 1.807) is 59.6 Å². The maximum absolute atomic E-state index is 14.1. The van der Waals surface area contributed by atoms with Crippen LogP contribution in [0.2, 0.25) is 0 Å². The molecule has 12 heteroatoms. The quantitative estimate of drug-likeness (QED) is 0.292. The number of para-hydroxylation sites is 1. The monoisotopic (exact) mass is 682 g/mol. The minimum Gasteiger partial charge on any atom is -0.461 e. The number of carbonyl (C=O) groups excluding carboxylic acids is 3. The number of rotatable bonds is 9. The van der Waals surface area contributed by atoms with Crippen LogP contribution in [0, 0.1) is 40.4 Å². The molecule has 0 radical (unpaired) electrons. The van der Waals surface area contributed by atoms with Crippen molar-refractivity contribution in [2.75, 3.05) is 53.0 Å². The van der Waals surface area contributed by atoms with Gasteiger partial charge in [-0.25, -0.2) is 9.69 Å². The van der Waals surface area contributed by atoms with Gasteiger partial charge >= 0.3 is 5.97 Å². The van der Waals surface area contributed by atoms with Crippen LogP contribution in [0.1, 0.15) is 56.3 Å². The lowest BCUT2D eigenvalue weighted by Gasteiger charge is -2.70. The van der Waals surface area contributed by atoms with Crippen molar-refractivity contribution < 1.29 is 48.3 Å².